The van der Waals surface area contributed by atoms with Gasteiger partial charge < -0.3 is 10.1 Å². The number of hydrogen-bond acceptors (Lipinski definition) is 3. The SMILES string of the molecule is On1nccc1N1CCCC1c1cc(F)ccc1F. The fourth-order valence-corrected chi connectivity index (χ4v) is 2.63. The summed E-state index contributed by atoms with van der Waals surface area (Å²) in [7, 11) is 0. The van der Waals surface area contributed by atoms with E-state index in [9.17, 15) is 14.0 Å². The number of nitrogens with zero attached hydrogens (tertiary/aromatic N) is 3. The second kappa shape index (κ2) is 4.53. The van der Waals surface area contributed by atoms with E-state index < -0.39 is 11.6 Å². The quantitative estimate of drug-likeness (QED) is 0.849. The van der Waals surface area contributed by atoms with Crippen LogP contribution in [0.5, 0.6) is 0 Å². The van der Waals surface area contributed by atoms with Gasteiger partial charge in [-0.15, -0.1) is 5.10 Å². The zero-order valence-electron chi connectivity index (χ0n) is 10.1. The van der Waals surface area contributed by atoms with Gasteiger partial charge in [0.2, 0.25) is 0 Å². The smallest absolute Gasteiger partial charge is 0.168 e. The van der Waals surface area contributed by atoms with Crippen LogP contribution in [0.1, 0.15) is 24.4 Å². The molecule has 0 bridgehead atoms. The predicted octanol–water partition coefficient (Wildman–Crippen LogP) is 2.74. The van der Waals surface area contributed by atoms with Crippen molar-refractivity contribution in [3.63, 3.8) is 0 Å². The number of aromatic nitrogens is 2. The molecule has 1 aliphatic rings. The molecule has 1 fully saturated rings. The zero-order valence-corrected chi connectivity index (χ0v) is 10.1. The van der Waals surface area contributed by atoms with Crippen molar-refractivity contribution in [2.75, 3.05) is 11.4 Å². The minimum atomic E-state index is -0.458. The third-order valence-corrected chi connectivity index (χ3v) is 3.47. The summed E-state index contributed by atoms with van der Waals surface area (Å²) in [5.74, 6) is -0.394. The lowest BCUT2D eigenvalue weighted by Gasteiger charge is -2.26. The second-order valence-electron chi connectivity index (χ2n) is 4.60. The molecule has 0 saturated carbocycles. The Hall–Kier alpha value is -2.11. The highest BCUT2D eigenvalue weighted by Gasteiger charge is 2.30. The summed E-state index contributed by atoms with van der Waals surface area (Å²) in [5, 5.41) is 13.3. The van der Waals surface area contributed by atoms with Crippen LogP contribution in [-0.2, 0) is 0 Å². The van der Waals surface area contributed by atoms with Crippen LogP contribution < -0.4 is 4.90 Å². The van der Waals surface area contributed by atoms with E-state index >= 15 is 0 Å². The van der Waals surface area contributed by atoms with Gasteiger partial charge in [-0.05, 0) is 31.0 Å². The number of anilines is 1. The molecule has 1 aromatic heterocycles. The maximum atomic E-state index is 13.9. The first-order chi connectivity index (χ1) is 9.16. The van der Waals surface area contributed by atoms with Crippen molar-refractivity contribution in [3.05, 3.63) is 47.7 Å². The minimum Gasteiger partial charge on any atom is -0.410 e. The van der Waals surface area contributed by atoms with E-state index in [1.165, 1.54) is 12.3 Å². The van der Waals surface area contributed by atoms with Crippen LogP contribution in [0.15, 0.2) is 30.5 Å². The van der Waals surface area contributed by atoms with Gasteiger partial charge in [0.15, 0.2) is 5.82 Å². The van der Waals surface area contributed by atoms with Crippen molar-refractivity contribution in [1.29, 1.82) is 0 Å². The number of halogens is 2. The Kier molecular flexibility index (Phi) is 2.85. The van der Waals surface area contributed by atoms with Gasteiger partial charge in [-0.2, -0.15) is 0 Å². The van der Waals surface area contributed by atoms with Gasteiger partial charge in [0.1, 0.15) is 11.6 Å². The van der Waals surface area contributed by atoms with Crippen LogP contribution in [0, 0.1) is 11.6 Å². The van der Waals surface area contributed by atoms with Crippen LogP contribution in [0.2, 0.25) is 0 Å². The first-order valence-electron chi connectivity index (χ1n) is 6.11. The largest absolute Gasteiger partial charge is 0.410 e. The summed E-state index contributed by atoms with van der Waals surface area (Å²) in [4.78, 5) is 2.60. The molecule has 0 spiro atoms. The lowest BCUT2D eigenvalue weighted by Crippen LogP contribution is -2.25. The van der Waals surface area contributed by atoms with Gasteiger partial charge >= 0.3 is 0 Å². The van der Waals surface area contributed by atoms with Gasteiger partial charge in [-0.3, -0.25) is 0 Å². The van der Waals surface area contributed by atoms with Gasteiger partial charge in [0.05, 0.1) is 12.2 Å². The summed E-state index contributed by atoms with van der Waals surface area (Å²) in [6.07, 6.45) is 3.03. The standard InChI is InChI=1S/C13H13F2N3O/c14-9-3-4-11(15)10(8-9)12-2-1-7-17(12)13-5-6-16-18(13)19/h3-6,8,12,19H,1-2,7H2. The van der Waals surface area contributed by atoms with Gasteiger partial charge in [-0.1, -0.05) is 4.85 Å². The first-order valence-corrected chi connectivity index (χ1v) is 6.11. The van der Waals surface area contributed by atoms with Crippen molar-refractivity contribution in [2.24, 2.45) is 0 Å². The van der Waals surface area contributed by atoms with Gasteiger partial charge in [0.25, 0.3) is 0 Å². The topological polar surface area (TPSA) is 41.3 Å². The van der Waals surface area contributed by atoms with E-state index in [0.29, 0.717) is 24.3 Å². The highest BCUT2D eigenvalue weighted by atomic mass is 19.1. The van der Waals surface area contributed by atoms with Gasteiger partial charge in [-0.25, -0.2) is 8.78 Å². The van der Waals surface area contributed by atoms with Crippen LogP contribution in [-0.4, -0.2) is 21.7 Å². The average molecular weight is 265 g/mol. The second-order valence-corrected chi connectivity index (χ2v) is 4.60. The minimum absolute atomic E-state index is 0.279. The van der Waals surface area contributed by atoms with Crippen molar-refractivity contribution in [1.82, 2.24) is 9.94 Å². The summed E-state index contributed by atoms with van der Waals surface area (Å²) < 4.78 is 27.2. The molecule has 1 atom stereocenters. The number of hydrogen-bond donors (Lipinski definition) is 1. The molecular formula is C13H13F2N3O. The Labute approximate surface area is 108 Å². The Morgan fingerprint density at radius 3 is 2.84 bits per heavy atom. The third-order valence-electron chi connectivity index (χ3n) is 3.47. The molecule has 0 amide bonds. The first kappa shape index (κ1) is 12.0. The normalized spacial score (nSPS) is 19.1. The molecule has 4 nitrogen and oxygen atoms in total. The molecule has 1 aliphatic heterocycles. The fourth-order valence-electron chi connectivity index (χ4n) is 2.63. The van der Waals surface area contributed by atoms with E-state index in [1.54, 1.807) is 6.07 Å². The Balaban J connectivity index is 2.00. The van der Waals surface area contributed by atoms with E-state index in [2.05, 4.69) is 5.10 Å². The van der Waals surface area contributed by atoms with E-state index in [-0.39, 0.29) is 6.04 Å². The highest BCUT2D eigenvalue weighted by Crippen LogP contribution is 2.36. The maximum Gasteiger partial charge on any atom is 0.168 e. The highest BCUT2D eigenvalue weighted by molar-refractivity contribution is 5.44. The molecule has 0 aliphatic carbocycles. The Morgan fingerprint density at radius 1 is 1.26 bits per heavy atom. The monoisotopic (exact) mass is 265 g/mol. The van der Waals surface area contributed by atoms with E-state index in [4.69, 9.17) is 0 Å². The molecule has 2 aromatic rings. The molecule has 1 N–H and O–H groups in total. The molecule has 0 radical (unpaired) electrons. The van der Waals surface area contributed by atoms with Crippen molar-refractivity contribution < 1.29 is 14.0 Å². The lowest BCUT2D eigenvalue weighted by atomic mass is 10.0. The zero-order chi connectivity index (χ0) is 13.4. The van der Waals surface area contributed by atoms with Crippen molar-refractivity contribution >= 4 is 5.82 Å². The summed E-state index contributed by atoms with van der Waals surface area (Å²) >= 11 is 0. The maximum absolute atomic E-state index is 13.9. The molecule has 6 heteroatoms. The average Bonchev–Trinajstić information content (AvgIpc) is 3.00. The van der Waals surface area contributed by atoms with Crippen LogP contribution >= 0.6 is 0 Å². The molecule has 19 heavy (non-hydrogen) atoms. The van der Waals surface area contributed by atoms with Crippen LogP contribution in [0.25, 0.3) is 0 Å². The molecule has 100 valence electrons. The number of benzene rings is 1. The van der Waals surface area contributed by atoms with Crippen LogP contribution in [0.4, 0.5) is 14.6 Å². The predicted molar refractivity (Wildman–Crippen MR) is 65.1 cm³/mol. The Bertz CT molecular complexity index is 599. The summed E-state index contributed by atoms with van der Waals surface area (Å²) in [6.45, 7) is 0.673. The number of rotatable bonds is 2. The molecular weight excluding hydrogens is 252 g/mol. The van der Waals surface area contributed by atoms with Crippen molar-refractivity contribution in [2.45, 2.75) is 18.9 Å². The molecule has 3 rings (SSSR count). The van der Waals surface area contributed by atoms with Crippen molar-refractivity contribution in [3.8, 4) is 0 Å². The summed E-state index contributed by atoms with van der Waals surface area (Å²) in [6, 6.07) is 4.83. The Morgan fingerprint density at radius 2 is 2.11 bits per heavy atom. The fraction of sp³-hybridized carbons (Fsp3) is 0.308. The van der Waals surface area contributed by atoms with Gasteiger partial charge in [0, 0.05) is 18.2 Å². The molecule has 2 heterocycles. The van der Waals surface area contributed by atoms with E-state index in [0.717, 1.165) is 23.4 Å². The van der Waals surface area contributed by atoms with E-state index in [1.807, 2.05) is 4.90 Å². The molecule has 1 unspecified atom stereocenters. The summed E-state index contributed by atoms with van der Waals surface area (Å²) in [5.41, 5.74) is 0.318. The lowest BCUT2D eigenvalue weighted by molar-refractivity contribution is 0.151. The third kappa shape index (κ3) is 2.03. The molecule has 1 aromatic carbocycles. The molecule has 1 saturated heterocycles. The van der Waals surface area contributed by atoms with Crippen LogP contribution in [0.3, 0.4) is 0 Å².